The van der Waals surface area contributed by atoms with Crippen LogP contribution in [0.1, 0.15) is 16.1 Å². The number of benzene rings is 2. The first-order valence-electron chi connectivity index (χ1n) is 7.89. The number of imidazole rings is 1. The van der Waals surface area contributed by atoms with Gasteiger partial charge in [0.15, 0.2) is 5.69 Å². The molecule has 0 unspecified atom stereocenters. The summed E-state index contributed by atoms with van der Waals surface area (Å²) in [6, 6.07) is 13.4. The Hall–Kier alpha value is -3.52. The highest BCUT2D eigenvalue weighted by Gasteiger charge is 2.15. The molecule has 0 aliphatic rings. The lowest BCUT2D eigenvalue weighted by atomic mass is 10.2. The predicted molar refractivity (Wildman–Crippen MR) is 102 cm³/mol. The first-order valence-corrected chi connectivity index (χ1v) is 8.26. The molecule has 0 aliphatic heterocycles. The summed E-state index contributed by atoms with van der Waals surface area (Å²) in [6.07, 6.45) is 1.33. The average molecular weight is 386 g/mol. The molecule has 1 aromatic heterocycles. The summed E-state index contributed by atoms with van der Waals surface area (Å²) in [5.74, 6) is -1.16. The highest BCUT2D eigenvalue weighted by molar-refractivity contribution is 6.30. The van der Waals surface area contributed by atoms with E-state index in [2.05, 4.69) is 15.6 Å². The van der Waals surface area contributed by atoms with Gasteiger partial charge in [-0.25, -0.2) is 9.78 Å². The number of nitrogens with two attached hydrogens (primary N) is 1. The van der Waals surface area contributed by atoms with Crippen LogP contribution in [-0.2, 0) is 6.54 Å². The molecule has 0 atom stereocenters. The van der Waals surface area contributed by atoms with E-state index in [4.69, 9.17) is 17.3 Å². The average Bonchev–Trinajstić information content (AvgIpc) is 2.99. The fraction of sp³-hybridized carbons (Fsp3) is 0.0556. The summed E-state index contributed by atoms with van der Waals surface area (Å²) in [5.41, 5.74) is 7.23. The number of amides is 3. The Morgan fingerprint density at radius 2 is 1.59 bits per heavy atom. The number of carbonyl (C=O) groups is 2. The number of halogens is 1. The quantitative estimate of drug-likeness (QED) is 0.539. The second-order valence-corrected chi connectivity index (χ2v) is 6.13. The van der Waals surface area contributed by atoms with E-state index in [9.17, 15) is 14.7 Å². The lowest BCUT2D eigenvalue weighted by Gasteiger charge is -2.09. The van der Waals surface area contributed by atoms with Gasteiger partial charge >= 0.3 is 6.03 Å². The zero-order valence-electron chi connectivity index (χ0n) is 14.0. The van der Waals surface area contributed by atoms with Gasteiger partial charge in [-0.1, -0.05) is 23.7 Å². The summed E-state index contributed by atoms with van der Waals surface area (Å²) >= 11 is 5.81. The predicted octanol–water partition coefficient (Wildman–Crippen LogP) is 3.03. The van der Waals surface area contributed by atoms with E-state index in [1.165, 1.54) is 10.9 Å². The van der Waals surface area contributed by atoms with Gasteiger partial charge in [0.25, 0.3) is 5.91 Å². The summed E-state index contributed by atoms with van der Waals surface area (Å²) in [6.45, 7) is 0.295. The van der Waals surface area contributed by atoms with Crippen LogP contribution in [0.25, 0.3) is 0 Å². The normalized spacial score (nSPS) is 10.4. The van der Waals surface area contributed by atoms with Crippen molar-refractivity contribution in [2.75, 3.05) is 10.6 Å². The van der Waals surface area contributed by atoms with Crippen LogP contribution in [0.3, 0.4) is 0 Å². The number of aromatic hydroxyl groups is 1. The van der Waals surface area contributed by atoms with Crippen LogP contribution >= 0.6 is 11.6 Å². The van der Waals surface area contributed by atoms with Gasteiger partial charge in [0.1, 0.15) is 0 Å². The van der Waals surface area contributed by atoms with E-state index in [1.807, 2.05) is 0 Å². The molecule has 0 bridgehead atoms. The molecular weight excluding hydrogens is 370 g/mol. The molecule has 0 spiro atoms. The molecule has 3 aromatic rings. The third-order valence-electron chi connectivity index (χ3n) is 3.72. The van der Waals surface area contributed by atoms with Gasteiger partial charge in [0.05, 0.1) is 6.33 Å². The molecule has 0 fully saturated rings. The molecule has 0 saturated carbocycles. The standard InChI is InChI=1S/C18H16ClN5O3/c19-12-3-7-14(8-4-12)23-18(27)22-13-5-1-11(2-6-13)9-24-10-21-17(26)15(24)16(20)25/h1-8,10,26H,9H2,(H2,20,25)(H2,22,23,27). The maximum absolute atomic E-state index is 12.0. The smallest absolute Gasteiger partial charge is 0.323 e. The van der Waals surface area contributed by atoms with Crippen LogP contribution in [0, 0.1) is 0 Å². The molecular formula is C18H16ClN5O3. The van der Waals surface area contributed by atoms with Crippen LogP contribution in [0.4, 0.5) is 16.2 Å². The Kier molecular flexibility index (Phi) is 5.28. The van der Waals surface area contributed by atoms with Crippen LogP contribution in [0.15, 0.2) is 54.9 Å². The van der Waals surface area contributed by atoms with E-state index in [1.54, 1.807) is 48.5 Å². The number of nitrogens with one attached hydrogen (secondary N) is 2. The number of primary amides is 1. The molecule has 5 N–H and O–H groups in total. The monoisotopic (exact) mass is 385 g/mol. The van der Waals surface area contributed by atoms with Crippen LogP contribution in [0.5, 0.6) is 5.88 Å². The maximum Gasteiger partial charge on any atom is 0.323 e. The van der Waals surface area contributed by atoms with Crippen LogP contribution < -0.4 is 16.4 Å². The first-order chi connectivity index (χ1) is 12.9. The molecule has 8 nitrogen and oxygen atoms in total. The fourth-order valence-corrected chi connectivity index (χ4v) is 2.59. The number of rotatable bonds is 5. The number of urea groups is 1. The Morgan fingerprint density at radius 1 is 1.04 bits per heavy atom. The molecule has 3 rings (SSSR count). The SMILES string of the molecule is NC(=O)c1c(O)ncn1Cc1ccc(NC(=O)Nc2ccc(Cl)cc2)cc1. The van der Waals surface area contributed by atoms with Gasteiger partial charge in [0.2, 0.25) is 5.88 Å². The molecule has 3 amide bonds. The van der Waals surface area contributed by atoms with Crippen molar-refractivity contribution in [1.29, 1.82) is 0 Å². The number of aromatic nitrogens is 2. The van der Waals surface area contributed by atoms with Crippen molar-refractivity contribution in [2.45, 2.75) is 6.54 Å². The molecule has 2 aromatic carbocycles. The number of nitrogens with zero attached hydrogens (tertiary/aromatic N) is 2. The first kappa shape index (κ1) is 18.3. The van der Waals surface area contributed by atoms with Crippen molar-refractivity contribution >= 4 is 34.9 Å². The Balaban J connectivity index is 1.62. The second-order valence-electron chi connectivity index (χ2n) is 5.69. The number of hydrogen-bond acceptors (Lipinski definition) is 4. The molecule has 9 heteroatoms. The largest absolute Gasteiger partial charge is 0.492 e. The molecule has 0 radical (unpaired) electrons. The van der Waals surface area contributed by atoms with Gasteiger partial charge in [-0.05, 0) is 42.0 Å². The van der Waals surface area contributed by atoms with Crippen molar-refractivity contribution in [3.8, 4) is 5.88 Å². The van der Waals surface area contributed by atoms with E-state index in [-0.39, 0.29) is 11.7 Å². The van der Waals surface area contributed by atoms with Gasteiger partial charge in [-0.2, -0.15) is 0 Å². The van der Waals surface area contributed by atoms with Crippen molar-refractivity contribution in [3.63, 3.8) is 0 Å². The molecule has 0 saturated heterocycles. The molecule has 27 heavy (non-hydrogen) atoms. The Bertz CT molecular complexity index is 968. The minimum atomic E-state index is -0.762. The van der Waals surface area contributed by atoms with Gasteiger partial charge in [-0.15, -0.1) is 0 Å². The number of anilines is 2. The van der Waals surface area contributed by atoms with E-state index in [0.29, 0.717) is 22.9 Å². The number of hydrogen-bond donors (Lipinski definition) is 4. The lowest BCUT2D eigenvalue weighted by molar-refractivity contribution is 0.0989. The van der Waals surface area contributed by atoms with Crippen LogP contribution in [0.2, 0.25) is 5.02 Å². The summed E-state index contributed by atoms with van der Waals surface area (Å²) in [4.78, 5) is 27.1. The molecule has 1 heterocycles. The number of carbonyl (C=O) groups excluding carboxylic acids is 2. The highest BCUT2D eigenvalue weighted by atomic mass is 35.5. The Labute approximate surface area is 159 Å². The van der Waals surface area contributed by atoms with Gasteiger partial charge < -0.3 is 26.0 Å². The zero-order valence-corrected chi connectivity index (χ0v) is 14.8. The van der Waals surface area contributed by atoms with Gasteiger partial charge in [0, 0.05) is 22.9 Å². The molecule has 0 aliphatic carbocycles. The van der Waals surface area contributed by atoms with E-state index >= 15 is 0 Å². The fourth-order valence-electron chi connectivity index (χ4n) is 2.46. The van der Waals surface area contributed by atoms with Gasteiger partial charge in [-0.3, -0.25) is 4.79 Å². The third kappa shape index (κ3) is 4.56. The van der Waals surface area contributed by atoms with E-state index < -0.39 is 11.8 Å². The Morgan fingerprint density at radius 3 is 2.15 bits per heavy atom. The summed E-state index contributed by atoms with van der Waals surface area (Å²) < 4.78 is 1.45. The highest BCUT2D eigenvalue weighted by Crippen LogP contribution is 2.17. The lowest BCUT2D eigenvalue weighted by Crippen LogP contribution is -2.19. The maximum atomic E-state index is 12.0. The van der Waals surface area contributed by atoms with Crippen LogP contribution in [-0.4, -0.2) is 26.6 Å². The van der Waals surface area contributed by atoms with Crippen molar-refractivity contribution < 1.29 is 14.7 Å². The summed E-state index contributed by atoms with van der Waals surface area (Å²) in [5, 5.41) is 15.6. The van der Waals surface area contributed by atoms with Crippen molar-refractivity contribution in [1.82, 2.24) is 9.55 Å². The van der Waals surface area contributed by atoms with Crippen molar-refractivity contribution in [3.05, 3.63) is 71.1 Å². The summed E-state index contributed by atoms with van der Waals surface area (Å²) in [7, 11) is 0. The molecule has 138 valence electrons. The minimum Gasteiger partial charge on any atom is -0.492 e. The minimum absolute atomic E-state index is 0.0560. The zero-order chi connectivity index (χ0) is 19.4. The second kappa shape index (κ2) is 7.79. The van der Waals surface area contributed by atoms with E-state index in [0.717, 1.165) is 5.56 Å². The topological polar surface area (TPSA) is 122 Å². The van der Waals surface area contributed by atoms with Crippen molar-refractivity contribution in [2.24, 2.45) is 5.73 Å². The third-order valence-corrected chi connectivity index (χ3v) is 3.97.